The minimum absolute atomic E-state index is 0.0563. The molecule has 6 heteroatoms. The summed E-state index contributed by atoms with van der Waals surface area (Å²) in [5.74, 6) is -0.369. The Hall–Kier alpha value is -2.34. The van der Waals surface area contributed by atoms with Crippen molar-refractivity contribution in [1.82, 2.24) is 10.2 Å². The van der Waals surface area contributed by atoms with E-state index in [4.69, 9.17) is 4.74 Å². The Labute approximate surface area is 159 Å². The van der Waals surface area contributed by atoms with Crippen molar-refractivity contribution in [1.29, 1.82) is 0 Å². The van der Waals surface area contributed by atoms with Crippen molar-refractivity contribution in [2.75, 3.05) is 14.2 Å². The number of urea groups is 1. The van der Waals surface area contributed by atoms with E-state index in [1.54, 1.807) is 35.4 Å². The van der Waals surface area contributed by atoms with Crippen molar-refractivity contribution in [3.63, 3.8) is 0 Å². The molecule has 0 spiro atoms. The first-order valence-electron chi connectivity index (χ1n) is 8.44. The van der Waals surface area contributed by atoms with Crippen LogP contribution in [0.25, 0.3) is 0 Å². The van der Waals surface area contributed by atoms with Gasteiger partial charge in [-0.2, -0.15) is 0 Å². The molecule has 1 N–H and O–H groups in total. The maximum atomic E-state index is 12.7. The lowest BCUT2D eigenvalue weighted by Gasteiger charge is -2.32. The van der Waals surface area contributed by atoms with Crippen LogP contribution in [0.3, 0.4) is 0 Å². The van der Waals surface area contributed by atoms with Gasteiger partial charge < -0.3 is 15.0 Å². The summed E-state index contributed by atoms with van der Waals surface area (Å²) in [4.78, 5) is 26.9. The van der Waals surface area contributed by atoms with Crippen LogP contribution in [0.1, 0.15) is 47.6 Å². The van der Waals surface area contributed by atoms with Crippen molar-refractivity contribution in [3.8, 4) is 0 Å². The summed E-state index contributed by atoms with van der Waals surface area (Å²) in [6.45, 7) is 6.80. The summed E-state index contributed by atoms with van der Waals surface area (Å²) in [6, 6.07) is 10.9. The van der Waals surface area contributed by atoms with Gasteiger partial charge in [0, 0.05) is 18.5 Å². The number of nitrogens with zero attached hydrogens (tertiary/aromatic N) is 1. The number of hydrogen-bond donors (Lipinski definition) is 1. The molecule has 0 aliphatic heterocycles. The molecule has 1 atom stereocenters. The van der Waals surface area contributed by atoms with Crippen LogP contribution in [-0.4, -0.2) is 31.1 Å². The summed E-state index contributed by atoms with van der Waals surface area (Å²) in [7, 11) is 3.12. The standard InChI is InChI=1S/C20H26N2O3S/c1-20(2,3)17(16-7-6-12-26-16)21-19(24)22(4)13-14-8-10-15(11-9-14)18(23)25-5/h6-12,17H,13H2,1-5H3,(H,21,24)/t17-/m0/s1. The van der Waals surface area contributed by atoms with Crippen LogP contribution < -0.4 is 5.32 Å². The Bertz CT molecular complexity index is 733. The molecule has 0 saturated carbocycles. The fourth-order valence-corrected chi connectivity index (χ4v) is 3.63. The predicted molar refractivity (Wildman–Crippen MR) is 104 cm³/mol. The van der Waals surface area contributed by atoms with Gasteiger partial charge in [0.2, 0.25) is 0 Å². The molecule has 1 aromatic heterocycles. The second-order valence-electron chi connectivity index (χ2n) is 7.31. The predicted octanol–water partition coefficient (Wildman–Crippen LogP) is 4.46. The molecule has 1 heterocycles. The number of methoxy groups -OCH3 is 1. The maximum absolute atomic E-state index is 12.7. The first kappa shape index (κ1) is 20.0. The zero-order chi connectivity index (χ0) is 19.3. The SMILES string of the molecule is COC(=O)c1ccc(CN(C)C(=O)N[C@@H](c2cccs2)C(C)(C)C)cc1. The van der Waals surface area contributed by atoms with Crippen LogP contribution in [0.2, 0.25) is 0 Å². The minimum atomic E-state index is -0.369. The molecule has 0 unspecified atom stereocenters. The molecule has 0 aliphatic rings. The highest BCUT2D eigenvalue weighted by Crippen LogP contribution is 2.35. The molecule has 0 aliphatic carbocycles. The van der Waals surface area contributed by atoms with Crippen molar-refractivity contribution in [3.05, 3.63) is 57.8 Å². The Balaban J connectivity index is 2.03. The lowest BCUT2D eigenvalue weighted by Crippen LogP contribution is -2.42. The van der Waals surface area contributed by atoms with Gasteiger partial charge >= 0.3 is 12.0 Å². The van der Waals surface area contributed by atoms with Crippen LogP contribution in [0.5, 0.6) is 0 Å². The second kappa shape index (κ2) is 8.36. The van der Waals surface area contributed by atoms with E-state index in [1.165, 1.54) is 7.11 Å². The number of nitrogens with one attached hydrogen (secondary N) is 1. The smallest absolute Gasteiger partial charge is 0.337 e. The van der Waals surface area contributed by atoms with E-state index in [9.17, 15) is 9.59 Å². The fourth-order valence-electron chi connectivity index (χ4n) is 2.61. The second-order valence-corrected chi connectivity index (χ2v) is 8.29. The van der Waals surface area contributed by atoms with Gasteiger partial charge in [-0.1, -0.05) is 39.0 Å². The van der Waals surface area contributed by atoms with E-state index in [-0.39, 0.29) is 23.5 Å². The molecule has 1 aromatic carbocycles. The summed E-state index contributed by atoms with van der Waals surface area (Å²) < 4.78 is 4.69. The Kier molecular flexibility index (Phi) is 6.42. The minimum Gasteiger partial charge on any atom is -0.465 e. The molecule has 0 bridgehead atoms. The average molecular weight is 375 g/mol. The third kappa shape index (κ3) is 5.08. The van der Waals surface area contributed by atoms with E-state index >= 15 is 0 Å². The number of benzene rings is 1. The highest BCUT2D eigenvalue weighted by Gasteiger charge is 2.29. The number of hydrogen-bond acceptors (Lipinski definition) is 4. The number of amides is 2. The molecule has 0 saturated heterocycles. The van der Waals surface area contributed by atoms with Crippen molar-refractivity contribution < 1.29 is 14.3 Å². The van der Waals surface area contributed by atoms with E-state index in [2.05, 4.69) is 26.1 Å². The number of carbonyl (C=O) groups excluding carboxylic acids is 2. The van der Waals surface area contributed by atoms with E-state index < -0.39 is 0 Å². The van der Waals surface area contributed by atoms with Crippen LogP contribution >= 0.6 is 11.3 Å². The van der Waals surface area contributed by atoms with Crippen LogP contribution in [-0.2, 0) is 11.3 Å². The number of ether oxygens (including phenoxy) is 1. The highest BCUT2D eigenvalue weighted by molar-refractivity contribution is 7.10. The molecule has 140 valence electrons. The lowest BCUT2D eigenvalue weighted by molar-refractivity contribution is 0.0600. The van der Waals surface area contributed by atoms with Crippen LogP contribution in [0, 0.1) is 5.41 Å². The molecule has 26 heavy (non-hydrogen) atoms. The third-order valence-corrected chi connectivity index (χ3v) is 5.04. The summed E-state index contributed by atoms with van der Waals surface area (Å²) in [5, 5.41) is 5.16. The fraction of sp³-hybridized carbons (Fsp3) is 0.400. The van der Waals surface area contributed by atoms with Gasteiger partial charge in [0.05, 0.1) is 18.7 Å². The largest absolute Gasteiger partial charge is 0.465 e. The molecule has 2 rings (SSSR count). The molecular weight excluding hydrogens is 348 g/mol. The molecule has 2 amide bonds. The molecular formula is C20H26N2O3S. The molecule has 5 nitrogen and oxygen atoms in total. The zero-order valence-electron chi connectivity index (χ0n) is 15.9. The quantitative estimate of drug-likeness (QED) is 0.786. The zero-order valence-corrected chi connectivity index (χ0v) is 16.7. The number of rotatable bonds is 5. The highest BCUT2D eigenvalue weighted by atomic mass is 32.1. The number of carbonyl (C=O) groups is 2. The Morgan fingerprint density at radius 1 is 1.19 bits per heavy atom. The monoisotopic (exact) mass is 374 g/mol. The number of esters is 1. The van der Waals surface area contributed by atoms with E-state index in [0.717, 1.165) is 10.4 Å². The average Bonchev–Trinajstić information content (AvgIpc) is 3.12. The van der Waals surface area contributed by atoms with E-state index in [0.29, 0.717) is 12.1 Å². The van der Waals surface area contributed by atoms with Crippen molar-refractivity contribution in [2.45, 2.75) is 33.4 Å². The molecule has 0 radical (unpaired) electrons. The summed E-state index contributed by atoms with van der Waals surface area (Å²) in [5.41, 5.74) is 1.34. The van der Waals surface area contributed by atoms with Gasteiger partial charge in [-0.15, -0.1) is 11.3 Å². The lowest BCUT2D eigenvalue weighted by atomic mass is 9.86. The van der Waals surface area contributed by atoms with Gasteiger partial charge in [-0.25, -0.2) is 9.59 Å². The van der Waals surface area contributed by atoms with Gasteiger partial charge in [-0.05, 0) is 34.6 Å². The van der Waals surface area contributed by atoms with Gasteiger partial charge in [0.15, 0.2) is 0 Å². The Morgan fingerprint density at radius 3 is 2.35 bits per heavy atom. The molecule has 0 fully saturated rings. The van der Waals surface area contributed by atoms with Crippen LogP contribution in [0.15, 0.2) is 41.8 Å². The van der Waals surface area contributed by atoms with Gasteiger partial charge in [0.1, 0.15) is 0 Å². The molecule has 2 aromatic rings. The van der Waals surface area contributed by atoms with Gasteiger partial charge in [-0.3, -0.25) is 0 Å². The first-order chi connectivity index (χ1) is 12.2. The van der Waals surface area contributed by atoms with E-state index in [1.807, 2.05) is 29.6 Å². The third-order valence-electron chi connectivity index (χ3n) is 4.10. The summed E-state index contributed by atoms with van der Waals surface area (Å²) >= 11 is 1.64. The van der Waals surface area contributed by atoms with Crippen molar-refractivity contribution in [2.24, 2.45) is 5.41 Å². The van der Waals surface area contributed by atoms with Crippen molar-refractivity contribution >= 4 is 23.3 Å². The van der Waals surface area contributed by atoms with Crippen LogP contribution in [0.4, 0.5) is 4.79 Å². The normalized spacial score (nSPS) is 12.3. The summed E-state index contributed by atoms with van der Waals surface area (Å²) in [6.07, 6.45) is 0. The maximum Gasteiger partial charge on any atom is 0.337 e. The van der Waals surface area contributed by atoms with Gasteiger partial charge in [0.25, 0.3) is 0 Å². The Morgan fingerprint density at radius 2 is 1.85 bits per heavy atom. The number of thiophene rings is 1. The topological polar surface area (TPSA) is 58.6 Å². The first-order valence-corrected chi connectivity index (χ1v) is 9.32.